The van der Waals surface area contributed by atoms with Gasteiger partial charge in [-0.25, -0.2) is 0 Å². The lowest BCUT2D eigenvalue weighted by molar-refractivity contribution is -0.154. The van der Waals surface area contributed by atoms with E-state index in [0.29, 0.717) is 0 Å². The molecule has 1 unspecified atom stereocenters. The van der Waals surface area contributed by atoms with Crippen molar-refractivity contribution in [1.82, 2.24) is 5.32 Å². The van der Waals surface area contributed by atoms with E-state index in [1.54, 1.807) is 24.3 Å². The molecule has 0 saturated heterocycles. The fraction of sp³-hybridized carbons (Fsp3) is 0.333. The van der Waals surface area contributed by atoms with Crippen LogP contribution >= 0.6 is 0 Å². The van der Waals surface area contributed by atoms with Crippen molar-refractivity contribution >= 4 is 0 Å². The molecular weight excluding hydrogens is 215 g/mol. The number of nitrogens with one attached hydrogen (secondary N) is 1. The zero-order valence-corrected chi connectivity index (χ0v) is 8.59. The van der Waals surface area contributed by atoms with E-state index in [2.05, 4.69) is 5.32 Å². The number of halogens is 3. The summed E-state index contributed by atoms with van der Waals surface area (Å²) in [4.78, 5) is 0. The van der Waals surface area contributed by atoms with Gasteiger partial charge in [-0.1, -0.05) is 30.3 Å². The van der Waals surface area contributed by atoms with E-state index >= 15 is 0 Å². The molecule has 0 heterocycles. The molecule has 4 heteroatoms. The van der Waals surface area contributed by atoms with Gasteiger partial charge < -0.3 is 5.32 Å². The average Bonchev–Trinajstić information content (AvgIpc) is 2.24. The minimum Gasteiger partial charge on any atom is -0.301 e. The maximum absolute atomic E-state index is 12.5. The molecule has 1 aromatic carbocycles. The predicted octanol–water partition coefficient (Wildman–Crippen LogP) is 2.73. The monoisotopic (exact) mass is 227 g/mol. The predicted molar refractivity (Wildman–Crippen MR) is 56.6 cm³/mol. The molecule has 1 nitrogen and oxygen atoms in total. The highest BCUT2D eigenvalue weighted by atomic mass is 19.4. The largest absolute Gasteiger partial charge is 0.404 e. The highest BCUT2D eigenvalue weighted by Crippen LogP contribution is 2.22. The van der Waals surface area contributed by atoms with E-state index < -0.39 is 12.2 Å². The summed E-state index contributed by atoms with van der Waals surface area (Å²) in [5.41, 5.74) is 0.800. The Balaban J connectivity index is 2.55. The lowest BCUT2D eigenvalue weighted by Gasteiger charge is -2.19. The van der Waals surface area contributed by atoms with Crippen LogP contribution in [0.3, 0.4) is 0 Å². The molecule has 0 saturated carbocycles. The molecule has 1 aromatic rings. The fourth-order valence-corrected chi connectivity index (χ4v) is 1.26. The molecule has 0 aliphatic carbocycles. The van der Waals surface area contributed by atoms with E-state index in [0.717, 1.165) is 5.56 Å². The molecule has 0 bridgehead atoms. The number of rotatable bonds is 4. The van der Waals surface area contributed by atoms with Gasteiger partial charge in [-0.05, 0) is 5.56 Å². The Bertz CT molecular complexity index is 351. The minimum atomic E-state index is -4.30. The van der Waals surface area contributed by atoms with Crippen molar-refractivity contribution in [2.24, 2.45) is 0 Å². The first kappa shape index (κ1) is 12.6. The molecule has 0 aliphatic heterocycles. The zero-order chi connectivity index (χ0) is 12.0. The molecule has 1 N–H and O–H groups in total. The molecule has 0 amide bonds. The highest BCUT2D eigenvalue weighted by molar-refractivity contribution is 5.14. The van der Waals surface area contributed by atoms with Gasteiger partial charge >= 0.3 is 6.18 Å². The van der Waals surface area contributed by atoms with Crippen LogP contribution in [0, 0.1) is 12.3 Å². The summed E-state index contributed by atoms with van der Waals surface area (Å²) in [5.74, 6) is 2.03. The summed E-state index contributed by atoms with van der Waals surface area (Å²) in [6.07, 6.45) is 0.250. The standard InChI is InChI=1S/C12H12F3N/c1-2-6-11(12(13,14)15)16-9-10-7-4-3-5-8-10/h1,3-5,7-8,11,16H,6,9H2. The van der Waals surface area contributed by atoms with E-state index in [1.807, 2.05) is 12.0 Å². The molecule has 16 heavy (non-hydrogen) atoms. The van der Waals surface area contributed by atoms with Gasteiger partial charge in [0.25, 0.3) is 0 Å². The van der Waals surface area contributed by atoms with E-state index in [4.69, 9.17) is 6.42 Å². The Labute approximate surface area is 92.7 Å². The molecule has 0 aliphatic rings. The summed E-state index contributed by atoms with van der Waals surface area (Å²) < 4.78 is 37.4. The van der Waals surface area contributed by atoms with E-state index in [1.165, 1.54) is 0 Å². The zero-order valence-electron chi connectivity index (χ0n) is 8.59. The molecule has 0 spiro atoms. The second-order valence-electron chi connectivity index (χ2n) is 3.37. The van der Waals surface area contributed by atoms with Crippen LogP contribution in [0.2, 0.25) is 0 Å². The third-order valence-corrected chi connectivity index (χ3v) is 2.11. The topological polar surface area (TPSA) is 12.0 Å². The van der Waals surface area contributed by atoms with Gasteiger partial charge in [-0.3, -0.25) is 0 Å². The van der Waals surface area contributed by atoms with Crippen molar-refractivity contribution in [3.05, 3.63) is 35.9 Å². The van der Waals surface area contributed by atoms with Gasteiger partial charge in [-0.15, -0.1) is 12.3 Å². The third-order valence-electron chi connectivity index (χ3n) is 2.11. The lowest BCUT2D eigenvalue weighted by Crippen LogP contribution is -2.41. The van der Waals surface area contributed by atoms with Crippen molar-refractivity contribution in [3.8, 4) is 12.3 Å². The average molecular weight is 227 g/mol. The summed E-state index contributed by atoms with van der Waals surface area (Å²) >= 11 is 0. The second kappa shape index (κ2) is 5.57. The van der Waals surface area contributed by atoms with Gasteiger partial charge in [0.15, 0.2) is 0 Å². The SMILES string of the molecule is C#CCC(NCc1ccccc1)C(F)(F)F. The van der Waals surface area contributed by atoms with Gasteiger partial charge in [0.1, 0.15) is 6.04 Å². The number of alkyl halides is 3. The van der Waals surface area contributed by atoms with E-state index in [-0.39, 0.29) is 13.0 Å². The minimum absolute atomic E-state index is 0.159. The van der Waals surface area contributed by atoms with Crippen LogP contribution in [0.15, 0.2) is 30.3 Å². The number of hydrogen-bond acceptors (Lipinski definition) is 1. The second-order valence-corrected chi connectivity index (χ2v) is 3.37. The Hall–Kier alpha value is -1.47. The Kier molecular flexibility index (Phi) is 4.39. The Morgan fingerprint density at radius 1 is 1.25 bits per heavy atom. The molecule has 0 radical (unpaired) electrons. The maximum Gasteiger partial charge on any atom is 0.404 e. The molecule has 0 fully saturated rings. The van der Waals surface area contributed by atoms with Crippen LogP contribution in [0.1, 0.15) is 12.0 Å². The Morgan fingerprint density at radius 2 is 1.88 bits per heavy atom. The summed E-state index contributed by atoms with van der Waals surface area (Å²) in [6, 6.07) is 7.25. The first-order valence-electron chi connectivity index (χ1n) is 4.81. The fourth-order valence-electron chi connectivity index (χ4n) is 1.26. The summed E-state index contributed by atoms with van der Waals surface area (Å²) in [7, 11) is 0. The van der Waals surface area contributed by atoms with Gasteiger partial charge in [-0.2, -0.15) is 13.2 Å². The molecule has 1 rings (SSSR count). The van der Waals surface area contributed by atoms with Gasteiger partial charge in [0.05, 0.1) is 0 Å². The molecule has 1 atom stereocenters. The van der Waals surface area contributed by atoms with Gasteiger partial charge in [0, 0.05) is 13.0 Å². The van der Waals surface area contributed by atoms with Crippen LogP contribution in [-0.4, -0.2) is 12.2 Å². The van der Waals surface area contributed by atoms with Crippen LogP contribution in [0.4, 0.5) is 13.2 Å². The molecule has 0 aromatic heterocycles. The van der Waals surface area contributed by atoms with Crippen molar-refractivity contribution in [2.45, 2.75) is 25.2 Å². The summed E-state index contributed by atoms with van der Waals surface area (Å²) in [6.45, 7) is 0.159. The van der Waals surface area contributed by atoms with Crippen molar-refractivity contribution in [2.75, 3.05) is 0 Å². The first-order valence-corrected chi connectivity index (χ1v) is 4.81. The van der Waals surface area contributed by atoms with E-state index in [9.17, 15) is 13.2 Å². The number of hydrogen-bond donors (Lipinski definition) is 1. The first-order chi connectivity index (χ1) is 7.54. The molecule has 86 valence electrons. The van der Waals surface area contributed by atoms with Crippen molar-refractivity contribution < 1.29 is 13.2 Å². The third kappa shape index (κ3) is 3.95. The summed E-state index contributed by atoms with van der Waals surface area (Å²) in [5, 5.41) is 2.41. The quantitative estimate of drug-likeness (QED) is 0.780. The number of benzene rings is 1. The van der Waals surface area contributed by atoms with Crippen LogP contribution < -0.4 is 5.32 Å². The lowest BCUT2D eigenvalue weighted by atomic mass is 10.1. The maximum atomic E-state index is 12.5. The smallest absolute Gasteiger partial charge is 0.301 e. The van der Waals surface area contributed by atoms with Crippen molar-refractivity contribution in [3.63, 3.8) is 0 Å². The van der Waals surface area contributed by atoms with Crippen molar-refractivity contribution in [1.29, 1.82) is 0 Å². The number of terminal acetylenes is 1. The Morgan fingerprint density at radius 3 is 2.38 bits per heavy atom. The highest BCUT2D eigenvalue weighted by Gasteiger charge is 2.38. The van der Waals surface area contributed by atoms with Gasteiger partial charge in [0.2, 0.25) is 0 Å². The molecular formula is C12H12F3N. The van der Waals surface area contributed by atoms with Crippen LogP contribution in [0.5, 0.6) is 0 Å². The van der Waals surface area contributed by atoms with Crippen LogP contribution in [-0.2, 0) is 6.54 Å². The normalized spacial score (nSPS) is 13.1. The van der Waals surface area contributed by atoms with Crippen LogP contribution in [0.25, 0.3) is 0 Å².